The molecule has 2 aromatic rings. The van der Waals surface area contributed by atoms with Crippen molar-refractivity contribution in [2.45, 2.75) is 101 Å². The maximum atomic E-state index is 14.8. The number of esters is 1. The summed E-state index contributed by atoms with van der Waals surface area (Å²) in [5, 5.41) is 13.8. The Bertz CT molecular complexity index is 1530. The van der Waals surface area contributed by atoms with Crippen molar-refractivity contribution in [3.63, 3.8) is 0 Å². The highest BCUT2D eigenvalue weighted by atomic mass is 16.6. The van der Waals surface area contributed by atoms with Crippen molar-refractivity contribution in [3.8, 4) is 0 Å². The van der Waals surface area contributed by atoms with Gasteiger partial charge >= 0.3 is 5.97 Å². The van der Waals surface area contributed by atoms with E-state index >= 15 is 0 Å². The lowest BCUT2D eigenvalue weighted by molar-refractivity contribution is -0.162. The molecule has 0 radical (unpaired) electrons. The molecule has 10 heteroatoms. The molecule has 0 aromatic heterocycles. The third-order valence-electron chi connectivity index (χ3n) is 10.6. The molecule has 10 nitrogen and oxygen atoms in total. The Morgan fingerprint density at radius 1 is 1.10 bits per heavy atom. The smallest absolute Gasteiger partial charge is 0.313 e. The van der Waals surface area contributed by atoms with Crippen molar-refractivity contribution in [1.82, 2.24) is 15.1 Å². The number of nitrogens with one attached hydrogen (secondary N) is 1. The van der Waals surface area contributed by atoms with Crippen LogP contribution in [0.2, 0.25) is 0 Å². The zero-order valence-electron chi connectivity index (χ0n) is 30.0. The predicted molar refractivity (Wildman–Crippen MR) is 194 cm³/mol. The van der Waals surface area contributed by atoms with E-state index in [2.05, 4.69) is 25.4 Å². The van der Waals surface area contributed by atoms with Crippen molar-refractivity contribution in [3.05, 3.63) is 97.1 Å². The maximum Gasteiger partial charge on any atom is 0.313 e. The molecule has 3 aliphatic rings. The summed E-state index contributed by atoms with van der Waals surface area (Å²) in [5.41, 5.74) is 0.347. The molecule has 274 valence electrons. The summed E-state index contributed by atoms with van der Waals surface area (Å²) in [5.74, 6) is -3.39. The molecule has 0 aliphatic carbocycles. The third kappa shape index (κ3) is 7.97. The van der Waals surface area contributed by atoms with Gasteiger partial charge in [0.2, 0.25) is 17.7 Å². The summed E-state index contributed by atoms with van der Waals surface area (Å²) < 4.78 is 13.0. The minimum absolute atomic E-state index is 0.193. The van der Waals surface area contributed by atoms with Gasteiger partial charge in [0.05, 0.1) is 36.6 Å². The molecular weight excluding hydrogens is 646 g/mol. The molecule has 2 bridgehead atoms. The fourth-order valence-corrected chi connectivity index (χ4v) is 8.28. The molecule has 3 aliphatic heterocycles. The van der Waals surface area contributed by atoms with Crippen molar-refractivity contribution in [2.75, 3.05) is 19.7 Å². The molecule has 2 N–H and O–H groups in total. The summed E-state index contributed by atoms with van der Waals surface area (Å²) in [6.07, 6.45) is 6.61. The summed E-state index contributed by atoms with van der Waals surface area (Å²) >= 11 is 0. The van der Waals surface area contributed by atoms with Crippen molar-refractivity contribution in [2.24, 2.45) is 11.8 Å². The van der Waals surface area contributed by atoms with Gasteiger partial charge in [-0.25, -0.2) is 0 Å². The van der Waals surface area contributed by atoms with Gasteiger partial charge in [-0.1, -0.05) is 92.6 Å². The number of ether oxygens (including phenoxy) is 2. The van der Waals surface area contributed by atoms with Gasteiger partial charge in [-0.3, -0.25) is 19.2 Å². The van der Waals surface area contributed by atoms with E-state index in [0.717, 1.165) is 24.8 Å². The number of allylic oxidation sites excluding steroid dienone is 1. The highest BCUT2D eigenvalue weighted by Gasteiger charge is 2.75. The first-order valence-electron chi connectivity index (χ1n) is 18.4. The number of likely N-dealkylation sites (tertiary alicyclic amines) is 1. The van der Waals surface area contributed by atoms with E-state index in [4.69, 9.17) is 9.47 Å². The lowest BCUT2D eigenvalue weighted by Gasteiger charge is -2.39. The molecule has 8 atom stereocenters. The molecule has 3 amide bonds. The van der Waals surface area contributed by atoms with E-state index in [1.54, 1.807) is 24.0 Å². The van der Waals surface area contributed by atoms with Crippen molar-refractivity contribution in [1.29, 1.82) is 0 Å². The second-order valence-corrected chi connectivity index (χ2v) is 14.1. The molecule has 1 spiro atoms. The zero-order chi connectivity index (χ0) is 36.5. The fraction of sp³-hybridized carbons (Fsp3) is 0.512. The van der Waals surface area contributed by atoms with E-state index in [0.29, 0.717) is 44.3 Å². The van der Waals surface area contributed by atoms with Gasteiger partial charge in [-0.05, 0) is 50.2 Å². The van der Waals surface area contributed by atoms with Gasteiger partial charge in [0.15, 0.2) is 0 Å². The predicted octanol–water partition coefficient (Wildman–Crippen LogP) is 4.92. The van der Waals surface area contributed by atoms with Crippen LogP contribution in [0.3, 0.4) is 0 Å². The Labute approximate surface area is 301 Å². The highest BCUT2D eigenvalue weighted by molar-refractivity contribution is 5.98. The monoisotopic (exact) mass is 699 g/mol. The number of carbonyl (C=O) groups is 4. The van der Waals surface area contributed by atoms with E-state index < -0.39 is 53.7 Å². The number of rotatable bonds is 19. The van der Waals surface area contributed by atoms with Crippen LogP contribution in [0.15, 0.2) is 86.0 Å². The SMILES string of the molecule is C=CCCC(=O)N[C@H](C)[C@@H](OC(=O)[C@@H]1[C@H]2C(=O)N([C@@H](CO)Cc3ccccc3)[C@H](C(=O)N(CC=C)CCCCC)[C@]23CC[C@H]1O3)c1ccccc1. The van der Waals surface area contributed by atoms with Crippen LogP contribution in [-0.4, -0.2) is 88.1 Å². The van der Waals surface area contributed by atoms with E-state index in [1.165, 1.54) is 4.90 Å². The van der Waals surface area contributed by atoms with Gasteiger partial charge in [-0.2, -0.15) is 0 Å². The molecule has 3 heterocycles. The summed E-state index contributed by atoms with van der Waals surface area (Å²) in [7, 11) is 0. The number of hydrogen-bond donors (Lipinski definition) is 2. The lowest BCUT2D eigenvalue weighted by atomic mass is 9.70. The standard InChI is InChI=1S/C41H53N3O7/c1-5-8-16-25-43(24-7-3)39(48)37-41-23-22-32(51-41)34(35(41)38(47)44(37)31(27-45)26-29-17-12-10-13-18-29)40(49)50-36(30-19-14-11-15-20-30)28(4)42-33(46)21-9-6-2/h6-7,10-15,17-20,28,31-32,34-37,45H,2-3,5,8-9,16,21-27H2,1,4H3,(H,42,46)/t28-,31-,32-,34+,35+,36-,37-,41+/m1/s1. The van der Waals surface area contributed by atoms with Crippen LogP contribution in [0.1, 0.15) is 76.0 Å². The summed E-state index contributed by atoms with van der Waals surface area (Å²) in [6.45, 7) is 11.9. The van der Waals surface area contributed by atoms with Crippen LogP contribution in [0.4, 0.5) is 0 Å². The maximum absolute atomic E-state index is 14.8. The third-order valence-corrected chi connectivity index (χ3v) is 10.6. The van der Waals surface area contributed by atoms with Gasteiger partial charge in [0, 0.05) is 19.5 Å². The van der Waals surface area contributed by atoms with Gasteiger partial charge in [0.25, 0.3) is 0 Å². The number of carbonyl (C=O) groups excluding carboxylic acids is 4. The largest absolute Gasteiger partial charge is 0.455 e. The number of amides is 3. The Morgan fingerprint density at radius 3 is 2.45 bits per heavy atom. The second kappa shape index (κ2) is 17.3. The van der Waals surface area contributed by atoms with Crippen molar-refractivity contribution < 1.29 is 33.8 Å². The minimum Gasteiger partial charge on any atom is -0.455 e. The number of nitrogens with zero attached hydrogens (tertiary/aromatic N) is 2. The van der Waals surface area contributed by atoms with Crippen LogP contribution in [0.5, 0.6) is 0 Å². The van der Waals surface area contributed by atoms with E-state index in [-0.39, 0.29) is 30.7 Å². The molecule has 51 heavy (non-hydrogen) atoms. The summed E-state index contributed by atoms with van der Waals surface area (Å²) in [4.78, 5) is 60.0. The number of hydrogen-bond acceptors (Lipinski definition) is 7. The van der Waals surface area contributed by atoms with Gasteiger partial charge in [-0.15, -0.1) is 13.2 Å². The topological polar surface area (TPSA) is 125 Å². The fourth-order valence-electron chi connectivity index (χ4n) is 8.28. The second-order valence-electron chi connectivity index (χ2n) is 14.1. The van der Waals surface area contributed by atoms with E-state index in [9.17, 15) is 24.3 Å². The number of aliphatic hydroxyl groups excluding tert-OH is 1. The quantitative estimate of drug-likeness (QED) is 0.121. The van der Waals surface area contributed by atoms with Crippen LogP contribution in [0.25, 0.3) is 0 Å². The van der Waals surface area contributed by atoms with Gasteiger partial charge in [0.1, 0.15) is 17.7 Å². The number of unbranched alkanes of at least 4 members (excludes halogenated alkanes) is 2. The van der Waals surface area contributed by atoms with E-state index in [1.807, 2.05) is 60.7 Å². The first kappa shape index (κ1) is 38.0. The number of benzene rings is 2. The first-order chi connectivity index (χ1) is 24.7. The Kier molecular flexibility index (Phi) is 12.9. The van der Waals surface area contributed by atoms with Crippen LogP contribution in [0, 0.1) is 11.8 Å². The number of aliphatic hydroxyl groups is 1. The molecule has 3 fully saturated rings. The molecule has 5 rings (SSSR count). The molecule has 2 aromatic carbocycles. The number of fused-ring (bicyclic) bond motifs is 1. The Balaban J connectivity index is 1.50. The normalized spacial score (nSPS) is 25.1. The minimum atomic E-state index is -1.26. The van der Waals surface area contributed by atoms with Gasteiger partial charge < -0.3 is 29.7 Å². The summed E-state index contributed by atoms with van der Waals surface area (Å²) in [6, 6.07) is 16.4. The molecule has 0 saturated carbocycles. The average Bonchev–Trinajstić information content (AvgIpc) is 3.79. The van der Waals surface area contributed by atoms with Crippen LogP contribution >= 0.6 is 0 Å². The molecular formula is C41H53N3O7. The lowest BCUT2D eigenvalue weighted by Crippen LogP contribution is -2.59. The highest BCUT2D eigenvalue weighted by Crippen LogP contribution is 2.59. The molecule has 0 unspecified atom stereocenters. The first-order valence-corrected chi connectivity index (χ1v) is 18.4. The average molecular weight is 700 g/mol. The Hall–Kier alpha value is -4.28. The zero-order valence-corrected chi connectivity index (χ0v) is 30.0. The molecule has 3 saturated heterocycles. The van der Waals surface area contributed by atoms with Crippen molar-refractivity contribution >= 4 is 23.7 Å². The van der Waals surface area contributed by atoms with Crippen LogP contribution < -0.4 is 5.32 Å². The Morgan fingerprint density at radius 2 is 1.80 bits per heavy atom. The van der Waals surface area contributed by atoms with Crippen LogP contribution in [-0.2, 0) is 35.1 Å².